The number of benzene rings is 2. The fourth-order valence-corrected chi connectivity index (χ4v) is 3.85. The number of amides is 2. The quantitative estimate of drug-likeness (QED) is 0.466. The molecule has 1 N–H and O–H groups in total. The minimum Gasteiger partial charge on any atom is -0.497 e. The molecule has 0 unspecified atom stereocenters. The van der Waals surface area contributed by atoms with Crippen molar-refractivity contribution in [1.29, 1.82) is 0 Å². The highest BCUT2D eigenvalue weighted by Crippen LogP contribution is 2.23. The second-order valence-corrected chi connectivity index (χ2v) is 10.1. The number of carbonyl (C=O) groups is 2. The van der Waals surface area contributed by atoms with Crippen LogP contribution in [0.5, 0.6) is 5.75 Å². The van der Waals surface area contributed by atoms with Crippen LogP contribution in [0.3, 0.4) is 0 Å². The molecule has 0 saturated carbocycles. The summed E-state index contributed by atoms with van der Waals surface area (Å²) in [6.07, 6.45) is 2.41. The first-order chi connectivity index (χ1) is 16.1. The van der Waals surface area contributed by atoms with E-state index in [0.717, 1.165) is 23.3 Å². The minimum atomic E-state index is -0.508. The Hall–Kier alpha value is -2.82. The second-order valence-electron chi connectivity index (χ2n) is 10.1. The summed E-state index contributed by atoms with van der Waals surface area (Å²) in [7, 11) is 1.63. The zero-order valence-electron chi connectivity index (χ0n) is 22.0. The van der Waals surface area contributed by atoms with Crippen LogP contribution in [-0.2, 0) is 28.0 Å². The Morgan fingerprint density at radius 1 is 0.941 bits per heavy atom. The molecule has 2 atom stereocenters. The summed E-state index contributed by atoms with van der Waals surface area (Å²) in [6.45, 7) is 12.9. The smallest absolute Gasteiger partial charge is 0.243 e. The normalized spacial score (nSPS) is 13.1. The number of hydrogen-bond donors (Lipinski definition) is 1. The van der Waals surface area contributed by atoms with Gasteiger partial charge in [-0.2, -0.15) is 0 Å². The van der Waals surface area contributed by atoms with Crippen LogP contribution < -0.4 is 10.1 Å². The van der Waals surface area contributed by atoms with E-state index in [4.69, 9.17) is 4.74 Å². The molecule has 0 aliphatic carbocycles. The van der Waals surface area contributed by atoms with Crippen LogP contribution in [0.4, 0.5) is 0 Å². The van der Waals surface area contributed by atoms with Gasteiger partial charge in [-0.15, -0.1) is 0 Å². The van der Waals surface area contributed by atoms with Crippen molar-refractivity contribution in [2.75, 3.05) is 7.11 Å². The van der Waals surface area contributed by atoms with E-state index >= 15 is 0 Å². The third kappa shape index (κ3) is 7.89. The lowest BCUT2D eigenvalue weighted by Crippen LogP contribution is -2.50. The van der Waals surface area contributed by atoms with Gasteiger partial charge >= 0.3 is 0 Å². The average Bonchev–Trinajstić information content (AvgIpc) is 2.82. The van der Waals surface area contributed by atoms with Crippen LogP contribution in [-0.4, -0.2) is 35.9 Å². The Balaban J connectivity index is 2.20. The van der Waals surface area contributed by atoms with Crippen molar-refractivity contribution in [3.8, 4) is 5.75 Å². The Labute approximate surface area is 205 Å². The third-order valence-corrected chi connectivity index (χ3v) is 6.35. The number of carbonyl (C=O) groups excluding carboxylic acids is 2. The molecule has 0 aliphatic rings. The van der Waals surface area contributed by atoms with Gasteiger partial charge in [-0.3, -0.25) is 9.59 Å². The van der Waals surface area contributed by atoms with Gasteiger partial charge in [-0.25, -0.2) is 0 Å². The number of rotatable bonds is 11. The molecular weight excluding hydrogens is 424 g/mol. The highest BCUT2D eigenvalue weighted by molar-refractivity contribution is 5.88. The average molecular weight is 467 g/mol. The standard InChI is InChI=1S/C29H42N2O3/c1-8-21(3)30-28(33)26(9-2)31(20-23-12-17-25(34-7)18-13-23)27(32)19-14-22-10-15-24(16-11-22)29(4,5)6/h10-13,15-18,21,26H,8-9,14,19-20H2,1-7H3,(H,30,33)/t21-,26+/m0/s1. The highest BCUT2D eigenvalue weighted by atomic mass is 16.5. The molecule has 186 valence electrons. The summed E-state index contributed by atoms with van der Waals surface area (Å²) in [6, 6.07) is 15.7. The molecule has 0 radical (unpaired) electrons. The van der Waals surface area contributed by atoms with E-state index < -0.39 is 6.04 Å². The fourth-order valence-electron chi connectivity index (χ4n) is 3.85. The van der Waals surface area contributed by atoms with Gasteiger partial charge in [0, 0.05) is 19.0 Å². The molecule has 0 spiro atoms. The van der Waals surface area contributed by atoms with Gasteiger partial charge in [-0.05, 0) is 60.4 Å². The van der Waals surface area contributed by atoms with E-state index in [2.05, 4.69) is 50.4 Å². The highest BCUT2D eigenvalue weighted by Gasteiger charge is 2.29. The molecule has 5 nitrogen and oxygen atoms in total. The fraction of sp³-hybridized carbons (Fsp3) is 0.517. The van der Waals surface area contributed by atoms with Crippen LogP contribution in [0.15, 0.2) is 48.5 Å². The van der Waals surface area contributed by atoms with Gasteiger partial charge in [0.25, 0.3) is 0 Å². The van der Waals surface area contributed by atoms with Crippen molar-refractivity contribution in [3.63, 3.8) is 0 Å². The summed E-state index contributed by atoms with van der Waals surface area (Å²) >= 11 is 0. The topological polar surface area (TPSA) is 58.6 Å². The van der Waals surface area contributed by atoms with E-state index in [0.29, 0.717) is 25.8 Å². The molecule has 0 saturated heterocycles. The van der Waals surface area contributed by atoms with Gasteiger partial charge in [0.05, 0.1) is 7.11 Å². The molecule has 2 aromatic rings. The molecular formula is C29H42N2O3. The number of nitrogens with zero attached hydrogens (tertiary/aromatic N) is 1. The Bertz CT molecular complexity index is 914. The number of nitrogens with one attached hydrogen (secondary N) is 1. The molecule has 34 heavy (non-hydrogen) atoms. The van der Waals surface area contributed by atoms with E-state index in [1.165, 1.54) is 5.56 Å². The zero-order valence-corrected chi connectivity index (χ0v) is 22.0. The minimum absolute atomic E-state index is 0.0122. The Morgan fingerprint density at radius 2 is 1.53 bits per heavy atom. The second kappa shape index (κ2) is 12.6. The van der Waals surface area contributed by atoms with Crippen LogP contribution in [0.1, 0.15) is 77.5 Å². The van der Waals surface area contributed by atoms with Crippen LogP contribution in [0.25, 0.3) is 0 Å². The molecule has 5 heteroatoms. The van der Waals surface area contributed by atoms with E-state index in [-0.39, 0.29) is 23.3 Å². The van der Waals surface area contributed by atoms with Gasteiger partial charge in [0.15, 0.2) is 0 Å². The number of aryl methyl sites for hydroxylation is 1. The first kappa shape index (κ1) is 27.4. The van der Waals surface area contributed by atoms with Crippen molar-refractivity contribution in [2.24, 2.45) is 0 Å². The van der Waals surface area contributed by atoms with Crippen LogP contribution in [0.2, 0.25) is 0 Å². The molecule has 2 amide bonds. The lowest BCUT2D eigenvalue weighted by Gasteiger charge is -2.31. The van der Waals surface area contributed by atoms with E-state index in [1.807, 2.05) is 45.0 Å². The maximum absolute atomic E-state index is 13.5. The lowest BCUT2D eigenvalue weighted by atomic mass is 9.86. The maximum atomic E-state index is 13.5. The summed E-state index contributed by atoms with van der Waals surface area (Å²) in [5.74, 6) is 0.664. The molecule has 0 aromatic heterocycles. The van der Waals surface area contributed by atoms with Crippen molar-refractivity contribution in [2.45, 2.75) is 91.3 Å². The molecule has 0 heterocycles. The lowest BCUT2D eigenvalue weighted by molar-refractivity contribution is -0.141. The molecule has 0 bridgehead atoms. The van der Waals surface area contributed by atoms with Crippen molar-refractivity contribution in [3.05, 3.63) is 65.2 Å². The number of methoxy groups -OCH3 is 1. The summed E-state index contributed by atoms with van der Waals surface area (Å²) < 4.78 is 5.26. The molecule has 0 fully saturated rings. The summed E-state index contributed by atoms with van der Waals surface area (Å²) in [5.41, 5.74) is 3.47. The van der Waals surface area contributed by atoms with E-state index in [9.17, 15) is 9.59 Å². The molecule has 2 aromatic carbocycles. The van der Waals surface area contributed by atoms with Crippen molar-refractivity contribution >= 4 is 11.8 Å². The Morgan fingerprint density at radius 3 is 2.03 bits per heavy atom. The van der Waals surface area contributed by atoms with Crippen molar-refractivity contribution in [1.82, 2.24) is 10.2 Å². The molecule has 0 aliphatic heterocycles. The van der Waals surface area contributed by atoms with Gasteiger partial charge in [0.2, 0.25) is 11.8 Å². The number of hydrogen-bond acceptors (Lipinski definition) is 3. The van der Waals surface area contributed by atoms with Crippen molar-refractivity contribution < 1.29 is 14.3 Å². The van der Waals surface area contributed by atoms with Gasteiger partial charge < -0.3 is 15.0 Å². The Kier molecular flexibility index (Phi) is 10.2. The van der Waals surface area contributed by atoms with Gasteiger partial charge in [-0.1, -0.05) is 71.0 Å². The predicted octanol–water partition coefficient (Wildman–Crippen LogP) is 5.65. The largest absolute Gasteiger partial charge is 0.497 e. The van der Waals surface area contributed by atoms with Gasteiger partial charge in [0.1, 0.15) is 11.8 Å². The summed E-state index contributed by atoms with van der Waals surface area (Å²) in [5, 5.41) is 3.06. The first-order valence-corrected chi connectivity index (χ1v) is 12.4. The maximum Gasteiger partial charge on any atom is 0.243 e. The third-order valence-electron chi connectivity index (χ3n) is 6.35. The first-order valence-electron chi connectivity index (χ1n) is 12.4. The predicted molar refractivity (Wildman–Crippen MR) is 139 cm³/mol. The van der Waals surface area contributed by atoms with Crippen LogP contribution >= 0.6 is 0 Å². The summed E-state index contributed by atoms with van der Waals surface area (Å²) in [4.78, 5) is 28.3. The SMILES string of the molecule is CC[C@H](C(=O)N[C@@H](C)CC)N(Cc1ccc(OC)cc1)C(=O)CCc1ccc(C(C)(C)C)cc1. The monoisotopic (exact) mass is 466 g/mol. The van der Waals surface area contributed by atoms with E-state index in [1.54, 1.807) is 12.0 Å². The molecule has 2 rings (SSSR count). The number of ether oxygens (including phenoxy) is 1. The van der Waals surface area contributed by atoms with Crippen LogP contribution in [0, 0.1) is 0 Å². The zero-order chi connectivity index (χ0) is 25.3.